The van der Waals surface area contributed by atoms with Crippen LogP contribution in [0.15, 0.2) is 24.4 Å². The van der Waals surface area contributed by atoms with Crippen LogP contribution in [0.25, 0.3) is 5.69 Å². The summed E-state index contributed by atoms with van der Waals surface area (Å²) in [6, 6.07) is 6.16. The Balaban J connectivity index is 2.37. The van der Waals surface area contributed by atoms with E-state index < -0.39 is 5.82 Å². The van der Waals surface area contributed by atoms with E-state index in [2.05, 4.69) is 15.6 Å². The molecule has 0 unspecified atom stereocenters. The lowest BCUT2D eigenvalue weighted by molar-refractivity contribution is 0.595. The van der Waals surface area contributed by atoms with Gasteiger partial charge in [-0.25, -0.2) is 9.07 Å². The third kappa shape index (κ3) is 2.36. The lowest BCUT2D eigenvalue weighted by Gasteiger charge is -2.07. The molecule has 0 radical (unpaired) electrons. The average Bonchev–Trinajstić information content (AvgIpc) is 2.84. The van der Waals surface area contributed by atoms with Crippen molar-refractivity contribution in [2.75, 3.05) is 6.54 Å². The van der Waals surface area contributed by atoms with E-state index in [0.717, 1.165) is 12.2 Å². The highest BCUT2D eigenvalue weighted by Crippen LogP contribution is 2.15. The lowest BCUT2D eigenvalue weighted by Crippen LogP contribution is -2.15. The van der Waals surface area contributed by atoms with Crippen LogP contribution in [-0.2, 0) is 6.54 Å². The van der Waals surface area contributed by atoms with Crippen molar-refractivity contribution in [1.82, 2.24) is 20.3 Å². The van der Waals surface area contributed by atoms with Crippen LogP contribution in [0.3, 0.4) is 0 Å². The number of aromatic nitrogens is 3. The highest BCUT2D eigenvalue weighted by Gasteiger charge is 2.11. The number of hydrogen-bond donors (Lipinski definition) is 1. The predicted octanol–water partition coefficient (Wildman–Crippen LogP) is 1.39. The molecule has 0 saturated heterocycles. The van der Waals surface area contributed by atoms with Gasteiger partial charge in [-0.05, 0) is 24.7 Å². The molecule has 1 N–H and O–H groups in total. The van der Waals surface area contributed by atoms with Crippen LogP contribution in [0.4, 0.5) is 4.39 Å². The molecule has 1 heterocycles. The molecule has 0 aliphatic rings. The summed E-state index contributed by atoms with van der Waals surface area (Å²) in [6.07, 6.45) is 1.58. The van der Waals surface area contributed by atoms with Crippen molar-refractivity contribution >= 4 is 0 Å². The van der Waals surface area contributed by atoms with Crippen molar-refractivity contribution in [2.24, 2.45) is 0 Å². The Morgan fingerprint density at radius 1 is 1.50 bits per heavy atom. The van der Waals surface area contributed by atoms with E-state index >= 15 is 0 Å². The molecular weight excluding hydrogens is 233 g/mol. The van der Waals surface area contributed by atoms with E-state index in [4.69, 9.17) is 5.26 Å². The maximum atomic E-state index is 13.8. The number of nitrogens with one attached hydrogen (secondary N) is 1. The predicted molar refractivity (Wildman–Crippen MR) is 63.4 cm³/mol. The third-order valence-electron chi connectivity index (χ3n) is 2.48. The number of nitriles is 1. The molecule has 0 spiro atoms. The van der Waals surface area contributed by atoms with Gasteiger partial charge in [-0.2, -0.15) is 5.26 Å². The van der Waals surface area contributed by atoms with Crippen molar-refractivity contribution in [3.63, 3.8) is 0 Å². The Kier molecular flexibility index (Phi) is 3.65. The number of rotatable bonds is 4. The van der Waals surface area contributed by atoms with Crippen molar-refractivity contribution in [1.29, 1.82) is 5.26 Å². The first-order valence-electron chi connectivity index (χ1n) is 5.56. The Bertz CT molecular complexity index is 584. The van der Waals surface area contributed by atoms with Gasteiger partial charge in [-0.3, -0.25) is 0 Å². The molecule has 1 aromatic heterocycles. The Labute approximate surface area is 104 Å². The summed E-state index contributed by atoms with van der Waals surface area (Å²) >= 11 is 0. The first-order chi connectivity index (χ1) is 8.76. The van der Waals surface area contributed by atoms with Crippen LogP contribution < -0.4 is 5.32 Å². The van der Waals surface area contributed by atoms with E-state index in [1.54, 1.807) is 12.3 Å². The monoisotopic (exact) mass is 245 g/mol. The molecule has 0 saturated carbocycles. The molecular formula is C12H12FN5. The van der Waals surface area contributed by atoms with Crippen LogP contribution in [0, 0.1) is 17.1 Å². The summed E-state index contributed by atoms with van der Waals surface area (Å²) in [5.74, 6) is -0.489. The molecule has 18 heavy (non-hydrogen) atoms. The van der Waals surface area contributed by atoms with Gasteiger partial charge in [0.15, 0.2) is 0 Å². The zero-order chi connectivity index (χ0) is 13.0. The molecule has 0 bridgehead atoms. The second kappa shape index (κ2) is 5.38. The lowest BCUT2D eigenvalue weighted by atomic mass is 10.2. The minimum Gasteiger partial charge on any atom is -0.311 e. The first-order valence-corrected chi connectivity index (χ1v) is 5.56. The highest BCUT2D eigenvalue weighted by atomic mass is 19.1. The second-order valence-corrected chi connectivity index (χ2v) is 3.70. The third-order valence-corrected chi connectivity index (χ3v) is 2.48. The zero-order valence-electron chi connectivity index (χ0n) is 9.89. The molecule has 0 fully saturated rings. The fourth-order valence-corrected chi connectivity index (χ4v) is 1.58. The van der Waals surface area contributed by atoms with Gasteiger partial charge >= 0.3 is 0 Å². The van der Waals surface area contributed by atoms with Crippen molar-refractivity contribution in [2.45, 2.75) is 13.5 Å². The number of halogens is 1. The minimum absolute atomic E-state index is 0.282. The standard InChI is InChI=1S/C12H12FN5/c1-2-15-7-10-8-16-17-18(10)12-4-3-9(6-14)5-11(12)13/h3-5,8,15H,2,7H2,1H3. The van der Waals surface area contributed by atoms with Crippen LogP contribution in [-0.4, -0.2) is 21.5 Å². The second-order valence-electron chi connectivity index (χ2n) is 3.70. The van der Waals surface area contributed by atoms with E-state index in [1.807, 2.05) is 13.0 Å². The maximum Gasteiger partial charge on any atom is 0.150 e. The summed E-state index contributed by atoms with van der Waals surface area (Å²) in [5.41, 5.74) is 1.34. The topological polar surface area (TPSA) is 66.5 Å². The Morgan fingerprint density at radius 3 is 3.00 bits per heavy atom. The van der Waals surface area contributed by atoms with E-state index in [9.17, 15) is 4.39 Å². The van der Waals surface area contributed by atoms with Crippen LogP contribution in [0.1, 0.15) is 18.2 Å². The molecule has 6 heteroatoms. The molecule has 2 aromatic rings. The molecule has 92 valence electrons. The van der Waals surface area contributed by atoms with Gasteiger partial charge in [0, 0.05) is 6.54 Å². The van der Waals surface area contributed by atoms with Crippen LogP contribution >= 0.6 is 0 Å². The molecule has 0 aliphatic heterocycles. The van der Waals surface area contributed by atoms with Gasteiger partial charge in [-0.15, -0.1) is 5.10 Å². The van der Waals surface area contributed by atoms with Gasteiger partial charge in [0.25, 0.3) is 0 Å². The van der Waals surface area contributed by atoms with E-state index in [-0.39, 0.29) is 5.56 Å². The molecule has 2 rings (SSSR count). The van der Waals surface area contributed by atoms with Gasteiger partial charge in [0.1, 0.15) is 11.5 Å². The highest BCUT2D eigenvalue weighted by molar-refractivity contribution is 5.40. The fourth-order valence-electron chi connectivity index (χ4n) is 1.58. The summed E-state index contributed by atoms with van der Waals surface area (Å²) in [5, 5.41) is 19.5. The summed E-state index contributed by atoms with van der Waals surface area (Å²) < 4.78 is 15.3. The van der Waals surface area contributed by atoms with E-state index in [0.29, 0.717) is 12.2 Å². The van der Waals surface area contributed by atoms with Gasteiger partial charge in [-0.1, -0.05) is 12.1 Å². The average molecular weight is 245 g/mol. The quantitative estimate of drug-likeness (QED) is 0.883. The normalized spacial score (nSPS) is 10.3. The van der Waals surface area contributed by atoms with E-state index in [1.165, 1.54) is 16.8 Å². The summed E-state index contributed by atoms with van der Waals surface area (Å²) in [7, 11) is 0. The SMILES string of the molecule is CCNCc1cnnn1-c1ccc(C#N)cc1F. The fraction of sp³-hybridized carbons (Fsp3) is 0.250. The number of hydrogen-bond acceptors (Lipinski definition) is 4. The molecule has 5 nitrogen and oxygen atoms in total. The van der Waals surface area contributed by atoms with Gasteiger partial charge in [0.05, 0.1) is 23.5 Å². The minimum atomic E-state index is -0.489. The largest absolute Gasteiger partial charge is 0.311 e. The van der Waals surface area contributed by atoms with Crippen molar-refractivity contribution in [3.8, 4) is 11.8 Å². The van der Waals surface area contributed by atoms with Crippen molar-refractivity contribution < 1.29 is 4.39 Å². The number of benzene rings is 1. The molecule has 0 aliphatic carbocycles. The van der Waals surface area contributed by atoms with Gasteiger partial charge in [0.2, 0.25) is 0 Å². The summed E-state index contributed by atoms with van der Waals surface area (Å²) in [4.78, 5) is 0. The summed E-state index contributed by atoms with van der Waals surface area (Å²) in [6.45, 7) is 3.35. The Morgan fingerprint density at radius 2 is 2.33 bits per heavy atom. The Hall–Kier alpha value is -2.26. The number of nitrogens with zero attached hydrogens (tertiary/aromatic N) is 4. The van der Waals surface area contributed by atoms with Gasteiger partial charge < -0.3 is 5.32 Å². The molecule has 1 aromatic carbocycles. The first kappa shape index (κ1) is 12.2. The molecule has 0 amide bonds. The maximum absolute atomic E-state index is 13.8. The van der Waals surface area contributed by atoms with Crippen molar-refractivity contribution in [3.05, 3.63) is 41.5 Å². The zero-order valence-corrected chi connectivity index (χ0v) is 9.89. The smallest absolute Gasteiger partial charge is 0.150 e. The van der Waals surface area contributed by atoms with Crippen LogP contribution in [0.5, 0.6) is 0 Å². The molecule has 0 atom stereocenters. The van der Waals surface area contributed by atoms with Crippen LogP contribution in [0.2, 0.25) is 0 Å².